The summed E-state index contributed by atoms with van der Waals surface area (Å²) in [4.78, 5) is 3.72. The van der Waals surface area contributed by atoms with Gasteiger partial charge in [-0.05, 0) is 6.07 Å². The quantitative estimate of drug-likeness (QED) is 0.846. The van der Waals surface area contributed by atoms with Crippen LogP contribution in [0.2, 0.25) is 0 Å². The summed E-state index contributed by atoms with van der Waals surface area (Å²) >= 11 is 0. The molecule has 0 aliphatic heterocycles. The van der Waals surface area contributed by atoms with Gasteiger partial charge in [-0.3, -0.25) is 0 Å². The zero-order valence-electron chi connectivity index (χ0n) is 10.6. The number of hydrogen-bond acceptors (Lipinski definition) is 5. The predicted molar refractivity (Wildman–Crippen MR) is 66.8 cm³/mol. The molecule has 0 saturated heterocycles. The van der Waals surface area contributed by atoms with Crippen molar-refractivity contribution < 1.29 is 14.2 Å². The topological polar surface area (TPSA) is 84.0 Å². The van der Waals surface area contributed by atoms with Crippen molar-refractivity contribution in [2.24, 2.45) is 0 Å². The van der Waals surface area contributed by atoms with Gasteiger partial charge in [0, 0.05) is 5.56 Å². The molecular weight excluding hydrogens is 263 g/mol. The minimum atomic E-state index is -0.810. The van der Waals surface area contributed by atoms with Crippen molar-refractivity contribution in [3.05, 3.63) is 47.8 Å². The molecule has 7 heteroatoms. The van der Waals surface area contributed by atoms with Crippen LogP contribution in [0.15, 0.2) is 30.6 Å². The number of benzene rings is 1. The van der Waals surface area contributed by atoms with E-state index in [0.29, 0.717) is 5.56 Å². The van der Waals surface area contributed by atoms with E-state index >= 15 is 0 Å². The third-order valence-electron chi connectivity index (χ3n) is 2.56. The molecule has 6 nitrogen and oxygen atoms in total. The standard InChI is InChI=1S/C13H13FN4O2/c14-12-4-2-1-3-10(12)7-20-8-11(19)6-18-9-16-13(5-15)17-18/h1-4,9,11,19H,6-8H2. The lowest BCUT2D eigenvalue weighted by Gasteiger charge is -2.11. The van der Waals surface area contributed by atoms with E-state index < -0.39 is 6.10 Å². The first-order valence-corrected chi connectivity index (χ1v) is 5.98. The third kappa shape index (κ3) is 3.85. The summed E-state index contributed by atoms with van der Waals surface area (Å²) in [5.74, 6) is -0.290. The highest BCUT2D eigenvalue weighted by molar-refractivity contribution is 5.16. The Morgan fingerprint density at radius 1 is 1.45 bits per heavy atom. The van der Waals surface area contributed by atoms with Crippen LogP contribution >= 0.6 is 0 Å². The molecule has 0 amide bonds. The fourth-order valence-electron chi connectivity index (χ4n) is 1.62. The molecule has 0 radical (unpaired) electrons. The molecule has 2 aromatic rings. The minimum absolute atomic E-state index is 0.0378. The Kier molecular flexibility index (Phi) is 4.76. The fraction of sp³-hybridized carbons (Fsp3) is 0.308. The SMILES string of the molecule is N#Cc1ncn(CC(O)COCc2ccccc2F)n1. The highest BCUT2D eigenvalue weighted by Gasteiger charge is 2.08. The number of nitriles is 1. The van der Waals surface area contributed by atoms with Crippen molar-refractivity contribution >= 4 is 0 Å². The molecule has 104 valence electrons. The molecule has 1 heterocycles. The Morgan fingerprint density at radius 3 is 2.95 bits per heavy atom. The summed E-state index contributed by atoms with van der Waals surface area (Å²) in [6.07, 6.45) is 0.550. The largest absolute Gasteiger partial charge is 0.389 e. The van der Waals surface area contributed by atoms with Gasteiger partial charge in [0.05, 0.1) is 25.9 Å². The molecule has 0 aliphatic rings. The number of aliphatic hydroxyl groups excluding tert-OH is 1. The van der Waals surface area contributed by atoms with Gasteiger partial charge in [0.15, 0.2) is 0 Å². The Balaban J connectivity index is 1.77. The van der Waals surface area contributed by atoms with Crippen molar-refractivity contribution in [1.82, 2.24) is 14.8 Å². The molecule has 1 atom stereocenters. The Morgan fingerprint density at radius 2 is 2.25 bits per heavy atom. The van der Waals surface area contributed by atoms with Crippen LogP contribution in [0.4, 0.5) is 4.39 Å². The molecule has 0 bridgehead atoms. The summed E-state index contributed by atoms with van der Waals surface area (Å²) in [6, 6.07) is 8.09. The van der Waals surface area contributed by atoms with Crippen molar-refractivity contribution in [1.29, 1.82) is 5.26 Å². The molecule has 0 spiro atoms. The number of ether oxygens (including phenoxy) is 1. The number of rotatable bonds is 6. The minimum Gasteiger partial charge on any atom is -0.389 e. The monoisotopic (exact) mass is 276 g/mol. The Bertz CT molecular complexity index is 608. The summed E-state index contributed by atoms with van der Waals surface area (Å²) in [5, 5.41) is 22.1. The Labute approximate surface area is 115 Å². The first-order valence-electron chi connectivity index (χ1n) is 5.98. The molecule has 1 unspecified atom stereocenters. The van der Waals surface area contributed by atoms with Gasteiger partial charge < -0.3 is 9.84 Å². The van der Waals surface area contributed by atoms with Gasteiger partial charge in [0.25, 0.3) is 5.82 Å². The second-order valence-corrected chi connectivity index (χ2v) is 4.16. The van der Waals surface area contributed by atoms with E-state index in [9.17, 15) is 9.50 Å². The first-order chi connectivity index (χ1) is 9.69. The van der Waals surface area contributed by atoms with Crippen molar-refractivity contribution in [3.8, 4) is 6.07 Å². The molecule has 20 heavy (non-hydrogen) atoms. The van der Waals surface area contributed by atoms with E-state index in [2.05, 4.69) is 10.1 Å². The van der Waals surface area contributed by atoms with E-state index in [0.717, 1.165) is 0 Å². The first kappa shape index (κ1) is 14.1. The van der Waals surface area contributed by atoms with E-state index in [1.165, 1.54) is 17.1 Å². The van der Waals surface area contributed by atoms with Crippen LogP contribution in [0.3, 0.4) is 0 Å². The van der Waals surface area contributed by atoms with Crippen molar-refractivity contribution in [2.75, 3.05) is 6.61 Å². The van der Waals surface area contributed by atoms with Crippen LogP contribution in [-0.2, 0) is 17.9 Å². The molecule has 0 fully saturated rings. The highest BCUT2D eigenvalue weighted by Crippen LogP contribution is 2.07. The van der Waals surface area contributed by atoms with Gasteiger partial charge in [-0.25, -0.2) is 14.1 Å². The van der Waals surface area contributed by atoms with Gasteiger partial charge >= 0.3 is 0 Å². The molecule has 0 saturated carbocycles. The fourth-order valence-corrected chi connectivity index (χ4v) is 1.62. The molecular formula is C13H13FN4O2. The molecule has 2 rings (SSSR count). The van der Waals surface area contributed by atoms with Gasteiger partial charge in [-0.15, -0.1) is 5.10 Å². The van der Waals surface area contributed by atoms with Crippen LogP contribution in [0, 0.1) is 17.1 Å². The summed E-state index contributed by atoms with van der Waals surface area (Å²) < 4.78 is 19.9. The number of nitrogens with zero attached hydrogens (tertiary/aromatic N) is 4. The van der Waals surface area contributed by atoms with Crippen LogP contribution in [0.25, 0.3) is 0 Å². The maximum absolute atomic E-state index is 13.3. The lowest BCUT2D eigenvalue weighted by Crippen LogP contribution is -2.22. The van der Waals surface area contributed by atoms with Crippen molar-refractivity contribution in [3.63, 3.8) is 0 Å². The zero-order valence-corrected chi connectivity index (χ0v) is 10.6. The van der Waals surface area contributed by atoms with Crippen LogP contribution in [-0.4, -0.2) is 32.6 Å². The Hall–Kier alpha value is -2.30. The molecule has 1 N–H and O–H groups in total. The highest BCUT2D eigenvalue weighted by atomic mass is 19.1. The van der Waals surface area contributed by atoms with Crippen molar-refractivity contribution in [2.45, 2.75) is 19.3 Å². The normalized spacial score (nSPS) is 12.1. The molecule has 1 aromatic heterocycles. The van der Waals surface area contributed by atoms with Crippen LogP contribution in [0.5, 0.6) is 0 Å². The van der Waals surface area contributed by atoms with Gasteiger partial charge in [0.1, 0.15) is 18.2 Å². The average Bonchev–Trinajstić information content (AvgIpc) is 2.88. The van der Waals surface area contributed by atoms with Gasteiger partial charge in [-0.1, -0.05) is 18.2 Å². The predicted octanol–water partition coefficient (Wildman–Crippen LogP) is 0.867. The van der Waals surface area contributed by atoms with Crippen LogP contribution < -0.4 is 0 Å². The summed E-state index contributed by atoms with van der Waals surface area (Å²) in [7, 11) is 0. The molecule has 1 aromatic carbocycles. The summed E-state index contributed by atoms with van der Waals surface area (Å²) in [5.41, 5.74) is 0.437. The number of aliphatic hydroxyl groups is 1. The zero-order chi connectivity index (χ0) is 14.4. The molecule has 0 aliphatic carbocycles. The van der Waals surface area contributed by atoms with Gasteiger partial charge in [-0.2, -0.15) is 5.26 Å². The maximum Gasteiger partial charge on any atom is 0.252 e. The second-order valence-electron chi connectivity index (χ2n) is 4.16. The number of aromatic nitrogens is 3. The number of hydrogen-bond donors (Lipinski definition) is 1. The van der Waals surface area contributed by atoms with Gasteiger partial charge in [0.2, 0.25) is 0 Å². The maximum atomic E-state index is 13.3. The van der Waals surface area contributed by atoms with E-state index in [4.69, 9.17) is 10.00 Å². The smallest absolute Gasteiger partial charge is 0.252 e. The third-order valence-corrected chi connectivity index (χ3v) is 2.56. The number of halogens is 1. The lowest BCUT2D eigenvalue weighted by molar-refractivity contribution is 0.0178. The van der Waals surface area contributed by atoms with E-state index in [-0.39, 0.29) is 31.4 Å². The lowest BCUT2D eigenvalue weighted by atomic mass is 10.2. The van der Waals surface area contributed by atoms with E-state index in [1.807, 2.05) is 0 Å². The van der Waals surface area contributed by atoms with E-state index in [1.54, 1.807) is 24.3 Å². The summed E-state index contributed by atoms with van der Waals surface area (Å²) in [6.45, 7) is 0.284. The second kappa shape index (κ2) is 6.75. The van der Waals surface area contributed by atoms with Crippen LogP contribution in [0.1, 0.15) is 11.4 Å². The average molecular weight is 276 g/mol.